The summed E-state index contributed by atoms with van der Waals surface area (Å²) in [6.07, 6.45) is 2.26. The lowest BCUT2D eigenvalue weighted by molar-refractivity contribution is 0.0971. The highest BCUT2D eigenvalue weighted by atomic mass is 16.2. The smallest absolute Gasteiger partial charge is 0.272 e. The molecule has 2 aromatic rings. The summed E-state index contributed by atoms with van der Waals surface area (Å²) < 4.78 is 0. The van der Waals surface area contributed by atoms with E-state index in [-0.39, 0.29) is 11.7 Å². The van der Waals surface area contributed by atoms with Crippen molar-refractivity contribution in [3.05, 3.63) is 51.8 Å². The second-order valence-electron chi connectivity index (χ2n) is 6.01. The number of aryl methyl sites for hydroxylation is 3. The lowest BCUT2D eigenvalue weighted by Gasteiger charge is -2.09. The van der Waals surface area contributed by atoms with Crippen molar-refractivity contribution in [2.75, 3.05) is 5.32 Å². The van der Waals surface area contributed by atoms with E-state index in [0.717, 1.165) is 40.9 Å². The maximum Gasteiger partial charge on any atom is 0.272 e. The van der Waals surface area contributed by atoms with Crippen LogP contribution in [0.3, 0.4) is 0 Å². The summed E-state index contributed by atoms with van der Waals surface area (Å²) in [4.78, 5) is 27.7. The fourth-order valence-electron chi connectivity index (χ4n) is 3.01. The Balaban J connectivity index is 1.89. The van der Waals surface area contributed by atoms with Gasteiger partial charge in [-0.2, -0.15) is 0 Å². The monoisotopic (exact) mass is 296 g/mol. The van der Waals surface area contributed by atoms with Crippen LogP contribution in [0.5, 0.6) is 0 Å². The SMILES string of the molecule is Cc1ccc(NC(=O)c2[nH]c3c(c2C)C(=O)CCC3)cc1C. The second kappa shape index (κ2) is 5.44. The number of carbonyl (C=O) groups is 2. The third kappa shape index (κ3) is 2.45. The Morgan fingerprint density at radius 2 is 1.91 bits per heavy atom. The fourth-order valence-corrected chi connectivity index (χ4v) is 3.01. The van der Waals surface area contributed by atoms with E-state index in [2.05, 4.69) is 10.3 Å². The van der Waals surface area contributed by atoms with Gasteiger partial charge in [-0.1, -0.05) is 6.07 Å². The van der Waals surface area contributed by atoms with Gasteiger partial charge in [-0.25, -0.2) is 0 Å². The first kappa shape index (κ1) is 14.6. The first-order valence-electron chi connectivity index (χ1n) is 7.60. The normalized spacial score (nSPS) is 13.9. The van der Waals surface area contributed by atoms with E-state index in [4.69, 9.17) is 0 Å². The molecule has 114 valence electrons. The van der Waals surface area contributed by atoms with Crippen molar-refractivity contribution in [2.45, 2.75) is 40.0 Å². The standard InChI is InChI=1S/C18H20N2O2/c1-10-7-8-13(9-11(10)2)19-18(22)17-12(3)16-14(20-17)5-4-6-15(16)21/h7-9,20H,4-6H2,1-3H3,(H,19,22). The molecule has 0 saturated carbocycles. The number of hydrogen-bond donors (Lipinski definition) is 2. The molecule has 1 aliphatic carbocycles. The van der Waals surface area contributed by atoms with Crippen molar-refractivity contribution < 1.29 is 9.59 Å². The third-order valence-corrected chi connectivity index (χ3v) is 4.43. The highest BCUT2D eigenvalue weighted by Crippen LogP contribution is 2.27. The number of rotatable bonds is 2. The van der Waals surface area contributed by atoms with Crippen LogP contribution in [0.15, 0.2) is 18.2 Å². The number of anilines is 1. The quantitative estimate of drug-likeness (QED) is 0.887. The minimum Gasteiger partial charge on any atom is -0.354 e. The highest BCUT2D eigenvalue weighted by molar-refractivity contribution is 6.08. The summed E-state index contributed by atoms with van der Waals surface area (Å²) in [6, 6.07) is 5.83. The highest BCUT2D eigenvalue weighted by Gasteiger charge is 2.26. The third-order valence-electron chi connectivity index (χ3n) is 4.43. The number of hydrogen-bond acceptors (Lipinski definition) is 2. The number of H-pyrrole nitrogens is 1. The Hall–Kier alpha value is -2.36. The van der Waals surface area contributed by atoms with Crippen molar-refractivity contribution in [3.8, 4) is 0 Å². The number of aromatic amines is 1. The predicted molar refractivity (Wildman–Crippen MR) is 86.7 cm³/mol. The lowest BCUT2D eigenvalue weighted by atomic mass is 9.94. The number of nitrogens with one attached hydrogen (secondary N) is 2. The summed E-state index contributed by atoms with van der Waals surface area (Å²) in [5, 5.41) is 2.91. The van der Waals surface area contributed by atoms with Crippen LogP contribution >= 0.6 is 0 Å². The van der Waals surface area contributed by atoms with E-state index in [0.29, 0.717) is 12.1 Å². The fraction of sp³-hybridized carbons (Fsp3) is 0.333. The number of aromatic nitrogens is 1. The average Bonchev–Trinajstić information content (AvgIpc) is 2.81. The molecular formula is C18H20N2O2. The Kier molecular flexibility index (Phi) is 3.61. The number of amides is 1. The first-order chi connectivity index (χ1) is 10.5. The van der Waals surface area contributed by atoms with E-state index in [1.165, 1.54) is 5.56 Å². The molecule has 0 fully saturated rings. The van der Waals surface area contributed by atoms with Crippen LogP contribution in [0.2, 0.25) is 0 Å². The molecule has 0 spiro atoms. The predicted octanol–water partition coefficient (Wildman–Crippen LogP) is 3.71. The van der Waals surface area contributed by atoms with Crippen LogP contribution < -0.4 is 5.32 Å². The van der Waals surface area contributed by atoms with Gasteiger partial charge in [0.1, 0.15) is 5.69 Å². The number of benzene rings is 1. The first-order valence-corrected chi connectivity index (χ1v) is 7.60. The Morgan fingerprint density at radius 1 is 1.14 bits per heavy atom. The van der Waals surface area contributed by atoms with Crippen LogP contribution in [-0.2, 0) is 6.42 Å². The molecule has 1 aromatic heterocycles. The maximum atomic E-state index is 12.5. The molecule has 1 aliphatic rings. The van der Waals surface area contributed by atoms with E-state index in [9.17, 15) is 9.59 Å². The average molecular weight is 296 g/mol. The molecule has 0 aliphatic heterocycles. The van der Waals surface area contributed by atoms with Gasteiger partial charge in [0.2, 0.25) is 0 Å². The molecule has 4 heteroatoms. The number of carbonyl (C=O) groups excluding carboxylic acids is 2. The van der Waals surface area contributed by atoms with Gasteiger partial charge in [-0.15, -0.1) is 0 Å². The van der Waals surface area contributed by atoms with E-state index in [1.807, 2.05) is 39.0 Å². The Morgan fingerprint density at radius 3 is 2.59 bits per heavy atom. The van der Waals surface area contributed by atoms with Gasteiger partial charge in [-0.3, -0.25) is 9.59 Å². The zero-order valence-electron chi connectivity index (χ0n) is 13.2. The summed E-state index contributed by atoms with van der Waals surface area (Å²) in [5.41, 5.74) is 5.98. The molecular weight excluding hydrogens is 276 g/mol. The minimum absolute atomic E-state index is 0.139. The van der Waals surface area contributed by atoms with Crippen LogP contribution in [0.1, 0.15) is 56.1 Å². The molecule has 1 amide bonds. The summed E-state index contributed by atoms with van der Waals surface area (Å²) in [6.45, 7) is 5.89. The van der Waals surface area contributed by atoms with Gasteiger partial charge in [-0.05, 0) is 62.4 Å². The molecule has 1 heterocycles. The van der Waals surface area contributed by atoms with Gasteiger partial charge < -0.3 is 10.3 Å². The molecule has 0 atom stereocenters. The molecule has 0 radical (unpaired) electrons. The maximum absolute atomic E-state index is 12.5. The minimum atomic E-state index is -0.192. The summed E-state index contributed by atoms with van der Waals surface area (Å²) in [7, 11) is 0. The van der Waals surface area contributed by atoms with Crippen LogP contribution in [0.4, 0.5) is 5.69 Å². The summed E-state index contributed by atoms with van der Waals surface area (Å²) >= 11 is 0. The van der Waals surface area contributed by atoms with E-state index >= 15 is 0 Å². The topological polar surface area (TPSA) is 62.0 Å². The molecule has 0 saturated heterocycles. The number of fused-ring (bicyclic) bond motifs is 1. The van der Waals surface area contributed by atoms with Crippen LogP contribution in [0, 0.1) is 20.8 Å². The Bertz CT molecular complexity index is 772. The van der Waals surface area contributed by atoms with Gasteiger partial charge >= 0.3 is 0 Å². The van der Waals surface area contributed by atoms with E-state index in [1.54, 1.807) is 0 Å². The zero-order valence-corrected chi connectivity index (χ0v) is 13.2. The second-order valence-corrected chi connectivity index (χ2v) is 6.01. The van der Waals surface area contributed by atoms with Gasteiger partial charge in [0, 0.05) is 23.4 Å². The van der Waals surface area contributed by atoms with Crippen molar-refractivity contribution in [1.82, 2.24) is 4.98 Å². The molecule has 1 aromatic carbocycles. The molecule has 0 unspecified atom stereocenters. The summed E-state index contributed by atoms with van der Waals surface area (Å²) in [5.74, 6) is -0.0526. The van der Waals surface area contributed by atoms with Crippen LogP contribution in [0.25, 0.3) is 0 Å². The zero-order chi connectivity index (χ0) is 15.9. The largest absolute Gasteiger partial charge is 0.354 e. The van der Waals surface area contributed by atoms with Gasteiger partial charge in [0.25, 0.3) is 5.91 Å². The molecule has 3 rings (SSSR count). The van der Waals surface area contributed by atoms with Gasteiger partial charge in [0.15, 0.2) is 5.78 Å². The van der Waals surface area contributed by atoms with Crippen molar-refractivity contribution in [2.24, 2.45) is 0 Å². The van der Waals surface area contributed by atoms with E-state index < -0.39 is 0 Å². The Labute approximate surface area is 129 Å². The van der Waals surface area contributed by atoms with Crippen molar-refractivity contribution in [3.63, 3.8) is 0 Å². The molecule has 22 heavy (non-hydrogen) atoms. The number of ketones is 1. The van der Waals surface area contributed by atoms with Gasteiger partial charge in [0.05, 0.1) is 0 Å². The lowest BCUT2D eigenvalue weighted by Crippen LogP contribution is -2.14. The van der Waals surface area contributed by atoms with Crippen molar-refractivity contribution in [1.29, 1.82) is 0 Å². The van der Waals surface area contributed by atoms with Crippen LogP contribution in [-0.4, -0.2) is 16.7 Å². The molecule has 2 N–H and O–H groups in total. The molecule has 0 bridgehead atoms. The van der Waals surface area contributed by atoms with Crippen molar-refractivity contribution >= 4 is 17.4 Å². The number of Topliss-reactive ketones (excluding diaryl/α,β-unsaturated/α-hetero) is 1. The molecule has 4 nitrogen and oxygen atoms in total.